The predicted octanol–water partition coefficient (Wildman–Crippen LogP) is 4.93. The maximum atomic E-state index is 12.6. The van der Waals surface area contributed by atoms with Crippen LogP contribution in [-0.2, 0) is 0 Å². The number of nitrogens with zero attached hydrogens (tertiary/aromatic N) is 2. The van der Waals surface area contributed by atoms with Gasteiger partial charge >= 0.3 is 0 Å². The highest BCUT2D eigenvalue weighted by atomic mass is 16.1. The molecule has 0 bridgehead atoms. The van der Waals surface area contributed by atoms with Crippen LogP contribution in [0.15, 0.2) is 79.1 Å². The number of nitrogens with one attached hydrogen (secondary N) is 2. The Labute approximate surface area is 157 Å². The molecule has 2 aromatic carbocycles. The molecule has 5 nitrogen and oxygen atoms in total. The summed E-state index contributed by atoms with van der Waals surface area (Å²) in [6.45, 7) is 1.96. The highest BCUT2D eigenvalue weighted by Crippen LogP contribution is 2.24. The maximum Gasteiger partial charge on any atom is 0.255 e. The van der Waals surface area contributed by atoms with Crippen molar-refractivity contribution in [2.75, 3.05) is 10.6 Å². The molecule has 0 saturated carbocycles. The minimum Gasteiger partial charge on any atom is -0.338 e. The Bertz CT molecular complexity index is 1120. The number of fused-ring (bicyclic) bond motifs is 1. The van der Waals surface area contributed by atoms with Crippen molar-refractivity contribution in [1.29, 1.82) is 0 Å². The van der Waals surface area contributed by atoms with Crippen molar-refractivity contribution in [3.8, 4) is 0 Å². The van der Waals surface area contributed by atoms with Crippen LogP contribution in [0.25, 0.3) is 10.9 Å². The lowest BCUT2D eigenvalue weighted by Crippen LogP contribution is -2.13. The number of anilines is 3. The summed E-state index contributed by atoms with van der Waals surface area (Å²) in [5.41, 5.74) is 4.05. The van der Waals surface area contributed by atoms with Crippen LogP contribution in [0.2, 0.25) is 0 Å². The Balaban J connectivity index is 1.59. The smallest absolute Gasteiger partial charge is 0.255 e. The van der Waals surface area contributed by atoms with Crippen molar-refractivity contribution in [3.63, 3.8) is 0 Å². The van der Waals surface area contributed by atoms with E-state index in [0.29, 0.717) is 11.4 Å². The summed E-state index contributed by atoms with van der Waals surface area (Å²) < 4.78 is 0. The van der Waals surface area contributed by atoms with Gasteiger partial charge in [-0.3, -0.25) is 9.78 Å². The third-order valence-electron chi connectivity index (χ3n) is 4.31. The lowest BCUT2D eigenvalue weighted by atomic mass is 10.1. The van der Waals surface area contributed by atoms with Gasteiger partial charge in [-0.2, -0.15) is 0 Å². The molecule has 1 amide bonds. The van der Waals surface area contributed by atoms with Crippen molar-refractivity contribution in [2.45, 2.75) is 6.92 Å². The highest BCUT2D eigenvalue weighted by Gasteiger charge is 2.10. The molecule has 0 aliphatic heterocycles. The Kier molecular flexibility index (Phi) is 4.49. The fraction of sp³-hybridized carbons (Fsp3) is 0.0455. The average molecular weight is 354 g/mol. The largest absolute Gasteiger partial charge is 0.338 e. The number of hydrogen-bond acceptors (Lipinski definition) is 4. The molecular formula is C22H18N4O. The van der Waals surface area contributed by atoms with Crippen LogP contribution in [0, 0.1) is 6.92 Å². The number of aromatic nitrogens is 2. The summed E-state index contributed by atoms with van der Waals surface area (Å²) in [5, 5.41) is 7.24. The molecule has 0 radical (unpaired) electrons. The van der Waals surface area contributed by atoms with Gasteiger partial charge in [0.2, 0.25) is 0 Å². The van der Waals surface area contributed by atoms with E-state index in [1.807, 2.05) is 61.5 Å². The Morgan fingerprint density at radius 2 is 1.67 bits per heavy atom. The number of amides is 1. The van der Waals surface area contributed by atoms with Gasteiger partial charge in [0, 0.05) is 29.0 Å². The second-order valence-electron chi connectivity index (χ2n) is 6.20. The molecule has 0 spiro atoms. The Hall–Kier alpha value is -3.73. The standard InChI is InChI=1S/C22H18N4O/c1-15-6-2-3-9-18(15)26-22(27)17-11-13-23-20(14-17)25-19-10-4-7-16-8-5-12-24-21(16)19/h2-14H,1H3,(H,23,25)(H,26,27). The van der Waals surface area contributed by atoms with Crippen LogP contribution in [0.3, 0.4) is 0 Å². The molecule has 0 fully saturated rings. The van der Waals surface area contributed by atoms with Crippen LogP contribution in [-0.4, -0.2) is 15.9 Å². The summed E-state index contributed by atoms with van der Waals surface area (Å²) >= 11 is 0. The number of benzene rings is 2. The predicted molar refractivity (Wildman–Crippen MR) is 108 cm³/mol. The number of carbonyl (C=O) groups is 1. The number of aryl methyl sites for hydroxylation is 1. The van der Waals surface area contributed by atoms with E-state index in [4.69, 9.17) is 0 Å². The molecule has 0 saturated heterocycles. The zero-order valence-corrected chi connectivity index (χ0v) is 14.8. The number of pyridine rings is 2. The first-order valence-corrected chi connectivity index (χ1v) is 8.64. The molecule has 0 unspecified atom stereocenters. The second-order valence-corrected chi connectivity index (χ2v) is 6.20. The maximum absolute atomic E-state index is 12.6. The molecule has 2 aromatic heterocycles. The van der Waals surface area contributed by atoms with Gasteiger partial charge in [0.25, 0.3) is 5.91 Å². The van der Waals surface area contributed by atoms with Crippen molar-refractivity contribution in [2.24, 2.45) is 0 Å². The highest BCUT2D eigenvalue weighted by molar-refractivity contribution is 6.05. The third-order valence-corrected chi connectivity index (χ3v) is 4.31. The molecule has 0 aliphatic carbocycles. The van der Waals surface area contributed by atoms with Gasteiger partial charge in [-0.15, -0.1) is 0 Å². The zero-order chi connectivity index (χ0) is 18.6. The van der Waals surface area contributed by atoms with Gasteiger partial charge in [0.15, 0.2) is 0 Å². The van der Waals surface area contributed by atoms with E-state index in [1.54, 1.807) is 24.5 Å². The SMILES string of the molecule is Cc1ccccc1NC(=O)c1ccnc(Nc2cccc3cccnc23)c1. The van der Waals surface area contributed by atoms with Gasteiger partial charge in [-0.25, -0.2) is 4.98 Å². The monoisotopic (exact) mass is 354 g/mol. The zero-order valence-electron chi connectivity index (χ0n) is 14.8. The quantitative estimate of drug-likeness (QED) is 0.545. The summed E-state index contributed by atoms with van der Waals surface area (Å²) in [7, 11) is 0. The van der Waals surface area contributed by atoms with Crippen LogP contribution in [0.5, 0.6) is 0 Å². The fourth-order valence-corrected chi connectivity index (χ4v) is 2.89. The van der Waals surface area contributed by atoms with Crippen molar-refractivity contribution >= 4 is 34.0 Å². The minimum atomic E-state index is -0.175. The van der Waals surface area contributed by atoms with Crippen molar-refractivity contribution in [1.82, 2.24) is 9.97 Å². The molecule has 4 rings (SSSR count). The van der Waals surface area contributed by atoms with Gasteiger partial charge in [-0.1, -0.05) is 36.4 Å². The lowest BCUT2D eigenvalue weighted by Gasteiger charge is -2.11. The number of carbonyl (C=O) groups excluding carboxylic acids is 1. The first-order valence-electron chi connectivity index (χ1n) is 8.64. The number of rotatable bonds is 4. The van der Waals surface area contributed by atoms with E-state index < -0.39 is 0 Å². The van der Waals surface area contributed by atoms with E-state index in [-0.39, 0.29) is 5.91 Å². The number of hydrogen-bond donors (Lipinski definition) is 2. The molecule has 0 atom stereocenters. The molecule has 27 heavy (non-hydrogen) atoms. The Morgan fingerprint density at radius 1 is 0.852 bits per heavy atom. The van der Waals surface area contributed by atoms with E-state index in [1.165, 1.54) is 0 Å². The molecule has 2 heterocycles. The van der Waals surface area contributed by atoms with Crippen LogP contribution in [0.1, 0.15) is 15.9 Å². The van der Waals surface area contributed by atoms with E-state index in [9.17, 15) is 4.79 Å². The van der Waals surface area contributed by atoms with Gasteiger partial charge in [0.1, 0.15) is 5.82 Å². The minimum absolute atomic E-state index is 0.175. The van der Waals surface area contributed by atoms with Gasteiger partial charge < -0.3 is 10.6 Å². The molecule has 4 aromatic rings. The third kappa shape index (κ3) is 3.62. The van der Waals surface area contributed by atoms with E-state index in [0.717, 1.165) is 27.8 Å². The molecule has 0 aliphatic rings. The molecular weight excluding hydrogens is 336 g/mol. The van der Waals surface area contributed by atoms with Crippen LogP contribution >= 0.6 is 0 Å². The normalized spacial score (nSPS) is 10.6. The summed E-state index contributed by atoms with van der Waals surface area (Å²) in [5.74, 6) is 0.413. The fourth-order valence-electron chi connectivity index (χ4n) is 2.89. The molecule has 2 N–H and O–H groups in total. The first kappa shape index (κ1) is 16.7. The second kappa shape index (κ2) is 7.25. The van der Waals surface area contributed by atoms with Crippen LogP contribution in [0.4, 0.5) is 17.2 Å². The molecule has 132 valence electrons. The van der Waals surface area contributed by atoms with Crippen LogP contribution < -0.4 is 10.6 Å². The Morgan fingerprint density at radius 3 is 2.56 bits per heavy atom. The van der Waals surface area contributed by atoms with E-state index >= 15 is 0 Å². The van der Waals surface area contributed by atoms with Crippen molar-refractivity contribution in [3.05, 3.63) is 90.3 Å². The van der Waals surface area contributed by atoms with E-state index in [2.05, 4.69) is 20.6 Å². The summed E-state index contributed by atoms with van der Waals surface area (Å²) in [6.07, 6.45) is 3.38. The summed E-state index contributed by atoms with van der Waals surface area (Å²) in [6, 6.07) is 20.9. The topological polar surface area (TPSA) is 66.9 Å². The number of para-hydroxylation sites is 2. The van der Waals surface area contributed by atoms with Gasteiger partial charge in [0.05, 0.1) is 11.2 Å². The first-order chi connectivity index (χ1) is 13.2. The average Bonchev–Trinajstić information content (AvgIpc) is 2.70. The lowest BCUT2D eigenvalue weighted by molar-refractivity contribution is 0.102. The summed E-state index contributed by atoms with van der Waals surface area (Å²) in [4.78, 5) is 21.4. The molecule has 5 heteroatoms. The van der Waals surface area contributed by atoms with Gasteiger partial charge in [-0.05, 0) is 42.8 Å². The van der Waals surface area contributed by atoms with Crippen molar-refractivity contribution < 1.29 is 4.79 Å².